The zero-order valence-electron chi connectivity index (χ0n) is 10.2. The summed E-state index contributed by atoms with van der Waals surface area (Å²) in [6, 6.07) is 0. The molecule has 1 saturated heterocycles. The number of aromatic nitrogens is 2. The molecule has 4 heteroatoms. The summed E-state index contributed by atoms with van der Waals surface area (Å²) in [6.45, 7) is 3.22. The Morgan fingerprint density at radius 1 is 1.47 bits per heavy atom. The normalized spacial score (nSPS) is 29.0. The molecule has 2 aliphatic heterocycles. The van der Waals surface area contributed by atoms with Crippen LogP contribution in [-0.4, -0.2) is 33.9 Å². The average molecular weight is 235 g/mol. The number of nitrogens with zero attached hydrogens (tertiary/aromatic N) is 2. The van der Waals surface area contributed by atoms with E-state index in [1.807, 2.05) is 0 Å². The third kappa shape index (κ3) is 2.53. The Bertz CT molecular complexity index is 382. The molecule has 0 spiro atoms. The van der Waals surface area contributed by atoms with Gasteiger partial charge in [0.2, 0.25) is 0 Å². The van der Waals surface area contributed by atoms with Gasteiger partial charge in [-0.15, -0.1) is 0 Å². The highest BCUT2D eigenvalue weighted by Gasteiger charge is 2.20. The molecule has 0 amide bonds. The Hall–Kier alpha value is -0.870. The first-order valence-electron chi connectivity index (χ1n) is 6.75. The van der Waals surface area contributed by atoms with Crippen LogP contribution in [0.1, 0.15) is 30.8 Å². The molecule has 3 heterocycles. The van der Waals surface area contributed by atoms with Crippen molar-refractivity contribution in [3.63, 3.8) is 0 Å². The van der Waals surface area contributed by atoms with Crippen molar-refractivity contribution < 1.29 is 5.11 Å². The summed E-state index contributed by atoms with van der Waals surface area (Å²) in [6.07, 6.45) is 7.29. The van der Waals surface area contributed by atoms with Gasteiger partial charge in [-0.2, -0.15) is 0 Å². The topological polar surface area (TPSA) is 50.1 Å². The van der Waals surface area contributed by atoms with E-state index in [0.717, 1.165) is 44.1 Å². The Kier molecular flexibility index (Phi) is 3.16. The van der Waals surface area contributed by atoms with Crippen LogP contribution < -0.4 is 5.32 Å². The van der Waals surface area contributed by atoms with E-state index in [4.69, 9.17) is 0 Å². The van der Waals surface area contributed by atoms with E-state index in [0.29, 0.717) is 0 Å². The standard InChI is InChI=1S/C13H21N3O/c17-12-3-5-16-9-11(15-13(16)7-12)6-10-2-1-4-14-8-10/h9-10,12,14,17H,1-8H2. The summed E-state index contributed by atoms with van der Waals surface area (Å²) in [5.74, 6) is 1.81. The monoisotopic (exact) mass is 235 g/mol. The molecule has 3 rings (SSSR count). The minimum Gasteiger partial charge on any atom is -0.393 e. The van der Waals surface area contributed by atoms with Gasteiger partial charge in [0.05, 0.1) is 11.8 Å². The van der Waals surface area contributed by atoms with Gasteiger partial charge in [0.1, 0.15) is 5.82 Å². The molecule has 2 aliphatic rings. The molecule has 17 heavy (non-hydrogen) atoms. The third-order valence-corrected chi connectivity index (χ3v) is 3.93. The van der Waals surface area contributed by atoms with Gasteiger partial charge in [-0.3, -0.25) is 0 Å². The zero-order valence-corrected chi connectivity index (χ0v) is 10.2. The largest absolute Gasteiger partial charge is 0.393 e. The van der Waals surface area contributed by atoms with Crippen LogP contribution in [0, 0.1) is 5.92 Å². The van der Waals surface area contributed by atoms with E-state index in [-0.39, 0.29) is 6.10 Å². The summed E-state index contributed by atoms with van der Waals surface area (Å²) < 4.78 is 2.22. The molecule has 1 fully saturated rings. The number of aliphatic hydroxyl groups excluding tert-OH is 1. The fourth-order valence-electron chi connectivity index (χ4n) is 2.96. The van der Waals surface area contributed by atoms with E-state index >= 15 is 0 Å². The lowest BCUT2D eigenvalue weighted by molar-refractivity contribution is 0.141. The molecule has 0 saturated carbocycles. The van der Waals surface area contributed by atoms with Crippen LogP contribution in [-0.2, 0) is 19.4 Å². The quantitative estimate of drug-likeness (QED) is 0.794. The number of hydrogen-bond acceptors (Lipinski definition) is 3. The predicted molar refractivity (Wildman–Crippen MR) is 65.9 cm³/mol. The smallest absolute Gasteiger partial charge is 0.111 e. The number of fused-ring (bicyclic) bond motifs is 1. The molecule has 94 valence electrons. The second-order valence-electron chi connectivity index (χ2n) is 5.40. The van der Waals surface area contributed by atoms with Crippen molar-refractivity contribution in [2.75, 3.05) is 13.1 Å². The molecule has 2 N–H and O–H groups in total. The van der Waals surface area contributed by atoms with Gasteiger partial charge >= 0.3 is 0 Å². The molecule has 1 aromatic heterocycles. The van der Waals surface area contributed by atoms with E-state index in [1.165, 1.54) is 25.1 Å². The van der Waals surface area contributed by atoms with Crippen LogP contribution in [0.4, 0.5) is 0 Å². The SMILES string of the molecule is OC1CCn2cc(CC3CCCNC3)nc2C1. The van der Waals surface area contributed by atoms with Crippen molar-refractivity contribution in [1.82, 2.24) is 14.9 Å². The Balaban J connectivity index is 1.67. The minimum atomic E-state index is -0.186. The highest BCUT2D eigenvalue weighted by Crippen LogP contribution is 2.19. The highest BCUT2D eigenvalue weighted by molar-refractivity contribution is 5.08. The average Bonchev–Trinajstić information content (AvgIpc) is 2.71. The molecule has 2 unspecified atom stereocenters. The Labute approximate surface area is 102 Å². The number of imidazole rings is 1. The van der Waals surface area contributed by atoms with Crippen LogP contribution >= 0.6 is 0 Å². The minimum absolute atomic E-state index is 0.186. The van der Waals surface area contributed by atoms with Gasteiger partial charge in [0.25, 0.3) is 0 Å². The van der Waals surface area contributed by atoms with Crippen molar-refractivity contribution in [2.24, 2.45) is 5.92 Å². The lowest BCUT2D eigenvalue weighted by Gasteiger charge is -2.21. The molecule has 0 bridgehead atoms. The van der Waals surface area contributed by atoms with Gasteiger partial charge in [0, 0.05) is 19.2 Å². The second kappa shape index (κ2) is 4.78. The maximum absolute atomic E-state index is 9.62. The first kappa shape index (κ1) is 11.2. The Morgan fingerprint density at radius 3 is 3.24 bits per heavy atom. The van der Waals surface area contributed by atoms with Crippen LogP contribution in [0.15, 0.2) is 6.20 Å². The summed E-state index contributed by atoms with van der Waals surface area (Å²) in [5, 5.41) is 13.1. The number of hydrogen-bond donors (Lipinski definition) is 2. The maximum atomic E-state index is 9.62. The molecule has 1 aromatic rings. The molecular weight excluding hydrogens is 214 g/mol. The summed E-state index contributed by atoms with van der Waals surface area (Å²) in [7, 11) is 0. The van der Waals surface area contributed by atoms with Crippen molar-refractivity contribution in [1.29, 1.82) is 0 Å². The van der Waals surface area contributed by atoms with Crippen LogP contribution in [0.3, 0.4) is 0 Å². The van der Waals surface area contributed by atoms with Crippen LogP contribution in [0.5, 0.6) is 0 Å². The van der Waals surface area contributed by atoms with Crippen molar-refractivity contribution in [2.45, 2.75) is 44.8 Å². The van der Waals surface area contributed by atoms with Gasteiger partial charge in [-0.25, -0.2) is 4.98 Å². The van der Waals surface area contributed by atoms with Gasteiger partial charge in [-0.1, -0.05) is 0 Å². The summed E-state index contributed by atoms with van der Waals surface area (Å²) >= 11 is 0. The predicted octanol–water partition coefficient (Wildman–Crippen LogP) is 0.732. The van der Waals surface area contributed by atoms with E-state index < -0.39 is 0 Å². The number of aryl methyl sites for hydroxylation is 1. The van der Waals surface area contributed by atoms with Crippen LogP contribution in [0.25, 0.3) is 0 Å². The number of piperidine rings is 1. The molecule has 0 aromatic carbocycles. The van der Waals surface area contributed by atoms with Gasteiger partial charge in [-0.05, 0) is 44.7 Å². The first-order chi connectivity index (χ1) is 8.31. The van der Waals surface area contributed by atoms with Gasteiger partial charge < -0.3 is 15.0 Å². The van der Waals surface area contributed by atoms with E-state index in [9.17, 15) is 5.11 Å². The number of rotatable bonds is 2. The lowest BCUT2D eigenvalue weighted by atomic mass is 9.95. The van der Waals surface area contributed by atoms with E-state index in [2.05, 4.69) is 21.1 Å². The van der Waals surface area contributed by atoms with E-state index in [1.54, 1.807) is 0 Å². The third-order valence-electron chi connectivity index (χ3n) is 3.93. The number of aliphatic hydroxyl groups is 1. The van der Waals surface area contributed by atoms with Crippen molar-refractivity contribution in [3.05, 3.63) is 17.7 Å². The van der Waals surface area contributed by atoms with Crippen molar-refractivity contribution in [3.8, 4) is 0 Å². The molecular formula is C13H21N3O. The van der Waals surface area contributed by atoms with Gasteiger partial charge in [0.15, 0.2) is 0 Å². The molecule has 0 aliphatic carbocycles. The fraction of sp³-hybridized carbons (Fsp3) is 0.769. The van der Waals surface area contributed by atoms with Crippen LogP contribution in [0.2, 0.25) is 0 Å². The molecule has 2 atom stereocenters. The molecule has 4 nitrogen and oxygen atoms in total. The summed E-state index contributed by atoms with van der Waals surface area (Å²) in [4.78, 5) is 4.67. The maximum Gasteiger partial charge on any atom is 0.111 e. The zero-order chi connectivity index (χ0) is 11.7. The lowest BCUT2D eigenvalue weighted by Crippen LogP contribution is -2.30. The summed E-state index contributed by atoms with van der Waals surface area (Å²) in [5.41, 5.74) is 1.21. The van der Waals surface area contributed by atoms with Crippen molar-refractivity contribution >= 4 is 0 Å². The fourth-order valence-corrected chi connectivity index (χ4v) is 2.96. The first-order valence-corrected chi connectivity index (χ1v) is 6.75. The highest BCUT2D eigenvalue weighted by atomic mass is 16.3. The Morgan fingerprint density at radius 2 is 2.41 bits per heavy atom. The second-order valence-corrected chi connectivity index (χ2v) is 5.40. The molecule has 0 radical (unpaired) electrons. The number of nitrogens with one attached hydrogen (secondary N) is 1.